The van der Waals surface area contributed by atoms with Gasteiger partial charge >= 0.3 is 0 Å². The van der Waals surface area contributed by atoms with Gasteiger partial charge in [0.05, 0.1) is 0 Å². The molecular weight excluding hydrogens is 206 g/mol. The van der Waals surface area contributed by atoms with Crippen LogP contribution in [0.1, 0.15) is 58.6 Å². The molecule has 1 aromatic carbocycles. The lowest BCUT2D eigenvalue weighted by Crippen LogP contribution is -2.12. The van der Waals surface area contributed by atoms with Crippen molar-refractivity contribution in [3.8, 4) is 0 Å². The van der Waals surface area contributed by atoms with Crippen molar-refractivity contribution in [3.05, 3.63) is 29.3 Å². The van der Waals surface area contributed by atoms with E-state index in [4.69, 9.17) is 0 Å². The Labute approximate surface area is 108 Å². The molecule has 0 N–H and O–H groups in total. The summed E-state index contributed by atoms with van der Waals surface area (Å²) in [5, 5.41) is 0. The number of hydrogen-bond donors (Lipinski definition) is 0. The van der Waals surface area contributed by atoms with Gasteiger partial charge in [-0.25, -0.2) is 0 Å². The molecule has 1 heteroatoms. The van der Waals surface area contributed by atoms with Gasteiger partial charge in [-0.15, -0.1) is 0 Å². The SMILES string of the molecule is CC.CC.CC(C)c1ccc2c(c1)CCN2C. The summed E-state index contributed by atoms with van der Waals surface area (Å²) in [6.07, 6.45) is 1.21. The van der Waals surface area contributed by atoms with Gasteiger partial charge in [0.2, 0.25) is 0 Å². The Morgan fingerprint density at radius 1 is 1.06 bits per heavy atom. The maximum absolute atomic E-state index is 2.36. The van der Waals surface area contributed by atoms with Gasteiger partial charge in [0.25, 0.3) is 0 Å². The van der Waals surface area contributed by atoms with E-state index in [-0.39, 0.29) is 0 Å². The third-order valence-corrected chi connectivity index (χ3v) is 2.90. The van der Waals surface area contributed by atoms with Crippen LogP contribution in [-0.2, 0) is 6.42 Å². The predicted molar refractivity (Wildman–Crippen MR) is 80.2 cm³/mol. The second-order valence-electron chi connectivity index (χ2n) is 4.21. The Hall–Kier alpha value is -0.980. The van der Waals surface area contributed by atoms with Gasteiger partial charge in [-0.2, -0.15) is 0 Å². The van der Waals surface area contributed by atoms with Gasteiger partial charge in [0.15, 0.2) is 0 Å². The summed E-state index contributed by atoms with van der Waals surface area (Å²) in [5.41, 5.74) is 4.41. The van der Waals surface area contributed by atoms with Crippen molar-refractivity contribution in [2.45, 2.75) is 53.9 Å². The van der Waals surface area contributed by atoms with Crippen molar-refractivity contribution in [3.63, 3.8) is 0 Å². The van der Waals surface area contributed by atoms with Crippen LogP contribution in [0.15, 0.2) is 18.2 Å². The molecule has 0 fully saturated rings. The molecule has 1 aliphatic heterocycles. The first-order chi connectivity index (χ1) is 8.18. The second kappa shape index (κ2) is 8.16. The molecular formula is C16H29N. The molecule has 0 saturated heterocycles. The van der Waals surface area contributed by atoms with Crippen LogP contribution in [0, 0.1) is 0 Å². The van der Waals surface area contributed by atoms with E-state index in [1.54, 1.807) is 0 Å². The van der Waals surface area contributed by atoms with Crippen molar-refractivity contribution in [1.29, 1.82) is 0 Å². The van der Waals surface area contributed by atoms with Gasteiger partial charge in [-0.05, 0) is 29.5 Å². The molecule has 0 unspecified atom stereocenters. The van der Waals surface area contributed by atoms with Crippen LogP contribution < -0.4 is 4.90 Å². The van der Waals surface area contributed by atoms with Crippen LogP contribution in [0.25, 0.3) is 0 Å². The van der Waals surface area contributed by atoms with E-state index in [9.17, 15) is 0 Å². The first-order valence-corrected chi connectivity index (χ1v) is 7.02. The Balaban J connectivity index is 0.000000581. The standard InChI is InChI=1S/C12H17N.2C2H6/c1-9(2)10-4-5-12-11(8-10)6-7-13(12)3;2*1-2/h4-5,8-9H,6-7H2,1-3H3;2*1-2H3. The topological polar surface area (TPSA) is 3.24 Å². The van der Waals surface area contributed by atoms with Crippen LogP contribution in [-0.4, -0.2) is 13.6 Å². The van der Waals surface area contributed by atoms with E-state index in [2.05, 4.69) is 44.0 Å². The minimum atomic E-state index is 0.649. The molecule has 98 valence electrons. The average molecular weight is 235 g/mol. The predicted octanol–water partition coefficient (Wildman–Crippen LogP) is 4.85. The third kappa shape index (κ3) is 4.07. The lowest BCUT2D eigenvalue weighted by Gasteiger charge is -2.13. The quantitative estimate of drug-likeness (QED) is 0.672. The molecule has 1 aliphatic rings. The van der Waals surface area contributed by atoms with E-state index < -0.39 is 0 Å². The van der Waals surface area contributed by atoms with Gasteiger partial charge in [0, 0.05) is 19.3 Å². The first kappa shape index (κ1) is 16.0. The monoisotopic (exact) mass is 235 g/mol. The molecule has 0 aliphatic carbocycles. The highest BCUT2D eigenvalue weighted by atomic mass is 15.1. The molecule has 0 radical (unpaired) electrons. The van der Waals surface area contributed by atoms with Gasteiger partial charge in [-0.1, -0.05) is 53.7 Å². The number of nitrogens with zero attached hydrogens (tertiary/aromatic N) is 1. The van der Waals surface area contributed by atoms with Crippen LogP contribution >= 0.6 is 0 Å². The molecule has 0 saturated carbocycles. The molecule has 0 aromatic heterocycles. The van der Waals surface area contributed by atoms with Crippen LogP contribution in [0.3, 0.4) is 0 Å². The Morgan fingerprint density at radius 2 is 1.65 bits per heavy atom. The Morgan fingerprint density at radius 3 is 2.18 bits per heavy atom. The smallest absolute Gasteiger partial charge is 0.0397 e. The molecule has 17 heavy (non-hydrogen) atoms. The normalized spacial score (nSPS) is 12.4. The highest BCUT2D eigenvalue weighted by Gasteiger charge is 2.15. The number of benzene rings is 1. The zero-order chi connectivity index (χ0) is 13.4. The molecule has 0 amide bonds. The number of likely N-dealkylation sites (N-methyl/N-ethyl adjacent to an activating group) is 1. The number of anilines is 1. The number of rotatable bonds is 1. The number of hydrogen-bond acceptors (Lipinski definition) is 1. The van der Waals surface area contributed by atoms with Crippen molar-refractivity contribution >= 4 is 5.69 Å². The second-order valence-corrected chi connectivity index (χ2v) is 4.21. The van der Waals surface area contributed by atoms with E-state index in [0.717, 1.165) is 0 Å². The summed E-state index contributed by atoms with van der Waals surface area (Å²) < 4.78 is 0. The summed E-state index contributed by atoms with van der Waals surface area (Å²) in [5.74, 6) is 0.649. The summed E-state index contributed by atoms with van der Waals surface area (Å²) in [6.45, 7) is 13.7. The van der Waals surface area contributed by atoms with Crippen LogP contribution in [0.2, 0.25) is 0 Å². The number of fused-ring (bicyclic) bond motifs is 1. The fourth-order valence-corrected chi connectivity index (χ4v) is 1.95. The summed E-state index contributed by atoms with van der Waals surface area (Å²) in [4.78, 5) is 2.33. The van der Waals surface area contributed by atoms with E-state index in [0.29, 0.717) is 5.92 Å². The van der Waals surface area contributed by atoms with Crippen molar-refractivity contribution in [1.82, 2.24) is 0 Å². The fourth-order valence-electron chi connectivity index (χ4n) is 1.95. The maximum atomic E-state index is 2.36. The Kier molecular flexibility index (Phi) is 7.69. The van der Waals surface area contributed by atoms with Crippen LogP contribution in [0.4, 0.5) is 5.69 Å². The van der Waals surface area contributed by atoms with Crippen molar-refractivity contribution < 1.29 is 0 Å². The van der Waals surface area contributed by atoms with Crippen LogP contribution in [0.5, 0.6) is 0 Å². The third-order valence-electron chi connectivity index (χ3n) is 2.90. The van der Waals surface area contributed by atoms with E-state index in [1.807, 2.05) is 27.7 Å². The Bertz CT molecular complexity index is 315. The molecule has 0 atom stereocenters. The fraction of sp³-hybridized carbons (Fsp3) is 0.625. The molecule has 0 bridgehead atoms. The minimum Gasteiger partial charge on any atom is -0.374 e. The first-order valence-electron chi connectivity index (χ1n) is 7.02. The van der Waals surface area contributed by atoms with Crippen molar-refractivity contribution in [2.24, 2.45) is 0 Å². The van der Waals surface area contributed by atoms with E-state index in [1.165, 1.54) is 29.8 Å². The van der Waals surface area contributed by atoms with Gasteiger partial charge < -0.3 is 4.90 Å². The lowest BCUT2D eigenvalue weighted by molar-refractivity contribution is 0.864. The summed E-state index contributed by atoms with van der Waals surface area (Å²) in [7, 11) is 2.17. The summed E-state index contributed by atoms with van der Waals surface area (Å²) >= 11 is 0. The zero-order valence-electron chi connectivity index (χ0n) is 12.7. The molecule has 2 rings (SSSR count). The lowest BCUT2D eigenvalue weighted by atomic mass is 10.00. The minimum absolute atomic E-state index is 0.649. The molecule has 0 spiro atoms. The molecule has 1 nitrogen and oxygen atoms in total. The highest BCUT2D eigenvalue weighted by molar-refractivity contribution is 5.58. The summed E-state index contributed by atoms with van der Waals surface area (Å²) in [6, 6.07) is 6.88. The zero-order valence-corrected chi connectivity index (χ0v) is 12.7. The maximum Gasteiger partial charge on any atom is 0.0397 e. The largest absolute Gasteiger partial charge is 0.374 e. The highest BCUT2D eigenvalue weighted by Crippen LogP contribution is 2.29. The van der Waals surface area contributed by atoms with Crippen molar-refractivity contribution in [2.75, 3.05) is 18.5 Å². The molecule has 1 aromatic rings. The van der Waals surface area contributed by atoms with E-state index >= 15 is 0 Å². The molecule has 1 heterocycles. The van der Waals surface area contributed by atoms with Gasteiger partial charge in [-0.3, -0.25) is 0 Å². The average Bonchev–Trinajstić information content (AvgIpc) is 2.75. The van der Waals surface area contributed by atoms with Gasteiger partial charge in [0.1, 0.15) is 0 Å².